The molecule has 0 amide bonds. The molecule has 1 nitrogen and oxygen atoms in total. The summed E-state index contributed by atoms with van der Waals surface area (Å²) >= 11 is 2.08. The van der Waals surface area contributed by atoms with Crippen LogP contribution < -0.4 is 0 Å². The fourth-order valence-corrected chi connectivity index (χ4v) is 3.24. The van der Waals surface area contributed by atoms with Gasteiger partial charge in [-0.1, -0.05) is 13.8 Å². The first-order chi connectivity index (χ1) is 4.56. The molecule has 1 heterocycles. The Morgan fingerprint density at radius 3 is 2.40 bits per heavy atom. The van der Waals surface area contributed by atoms with Gasteiger partial charge in [-0.2, -0.15) is 0 Å². The van der Waals surface area contributed by atoms with Crippen molar-refractivity contribution in [3.8, 4) is 0 Å². The van der Waals surface area contributed by atoms with Crippen LogP contribution in [0.15, 0.2) is 0 Å². The highest BCUT2D eigenvalue weighted by Crippen LogP contribution is 2.38. The quantitative estimate of drug-likeness (QED) is 0.577. The van der Waals surface area contributed by atoms with Gasteiger partial charge >= 0.3 is 0 Å². The third kappa shape index (κ3) is 1.48. The monoisotopic (exact) mass is 159 g/mol. The topological polar surface area (TPSA) is 3.24 Å². The van der Waals surface area contributed by atoms with Crippen molar-refractivity contribution in [2.75, 3.05) is 13.1 Å². The van der Waals surface area contributed by atoms with Gasteiger partial charge in [0.1, 0.15) is 0 Å². The minimum Gasteiger partial charge on any atom is -0.289 e. The smallest absolute Gasteiger partial charge is 0.0616 e. The van der Waals surface area contributed by atoms with E-state index in [9.17, 15) is 0 Å². The number of hydrogen-bond acceptors (Lipinski definition) is 2. The molecule has 10 heavy (non-hydrogen) atoms. The highest BCUT2D eigenvalue weighted by atomic mass is 32.2. The fourth-order valence-electron chi connectivity index (χ4n) is 1.64. The second kappa shape index (κ2) is 2.74. The lowest BCUT2D eigenvalue weighted by atomic mass is 10.3. The molecule has 1 fully saturated rings. The highest BCUT2D eigenvalue weighted by Gasteiger charge is 2.35. The van der Waals surface area contributed by atoms with Crippen LogP contribution in [0.1, 0.15) is 27.7 Å². The fraction of sp³-hybridized carbons (Fsp3) is 1.00. The van der Waals surface area contributed by atoms with Gasteiger partial charge in [-0.05, 0) is 20.4 Å². The molecule has 1 aliphatic rings. The minimum absolute atomic E-state index is 0.383. The Morgan fingerprint density at radius 1 is 1.60 bits per heavy atom. The molecule has 1 atom stereocenters. The SMILES string of the molecule is CCN1CC(C)SC1(C)C. The van der Waals surface area contributed by atoms with Crippen molar-refractivity contribution in [1.82, 2.24) is 4.90 Å². The van der Waals surface area contributed by atoms with Gasteiger partial charge in [0.05, 0.1) is 4.87 Å². The van der Waals surface area contributed by atoms with Gasteiger partial charge in [-0.15, -0.1) is 11.8 Å². The molecule has 1 aliphatic heterocycles. The van der Waals surface area contributed by atoms with E-state index >= 15 is 0 Å². The summed E-state index contributed by atoms with van der Waals surface area (Å²) in [7, 11) is 0. The first-order valence-electron chi connectivity index (χ1n) is 3.99. The van der Waals surface area contributed by atoms with Crippen LogP contribution >= 0.6 is 11.8 Å². The molecule has 1 rings (SSSR count). The molecular weight excluding hydrogens is 142 g/mol. The Morgan fingerprint density at radius 2 is 2.20 bits per heavy atom. The van der Waals surface area contributed by atoms with Crippen molar-refractivity contribution in [2.24, 2.45) is 0 Å². The first kappa shape index (κ1) is 8.41. The second-order valence-electron chi connectivity index (χ2n) is 3.41. The van der Waals surface area contributed by atoms with E-state index in [4.69, 9.17) is 0 Å². The zero-order valence-corrected chi connectivity index (χ0v) is 8.16. The van der Waals surface area contributed by atoms with Crippen molar-refractivity contribution in [3.05, 3.63) is 0 Å². The molecule has 1 unspecified atom stereocenters. The van der Waals surface area contributed by atoms with E-state index < -0.39 is 0 Å². The number of hydrogen-bond donors (Lipinski definition) is 0. The van der Waals surface area contributed by atoms with Crippen molar-refractivity contribution in [3.63, 3.8) is 0 Å². The Balaban J connectivity index is 2.58. The third-order valence-corrected chi connectivity index (χ3v) is 3.50. The van der Waals surface area contributed by atoms with E-state index in [-0.39, 0.29) is 0 Å². The van der Waals surface area contributed by atoms with Crippen LogP contribution in [0.25, 0.3) is 0 Å². The van der Waals surface area contributed by atoms with Crippen LogP contribution in [0, 0.1) is 0 Å². The van der Waals surface area contributed by atoms with Crippen LogP contribution in [0.2, 0.25) is 0 Å². The lowest BCUT2D eigenvalue weighted by Gasteiger charge is -2.28. The van der Waals surface area contributed by atoms with Crippen LogP contribution in [-0.2, 0) is 0 Å². The predicted molar refractivity (Wildman–Crippen MR) is 48.4 cm³/mol. The molecule has 0 bridgehead atoms. The van der Waals surface area contributed by atoms with Crippen molar-refractivity contribution in [2.45, 2.75) is 37.8 Å². The van der Waals surface area contributed by atoms with E-state index in [1.165, 1.54) is 13.1 Å². The van der Waals surface area contributed by atoms with Gasteiger partial charge in [-0.3, -0.25) is 4.90 Å². The van der Waals surface area contributed by atoms with Crippen molar-refractivity contribution >= 4 is 11.8 Å². The average Bonchev–Trinajstić information content (AvgIpc) is 2.04. The Bertz CT molecular complexity index is 122. The van der Waals surface area contributed by atoms with Crippen LogP contribution in [0.5, 0.6) is 0 Å². The Hall–Kier alpha value is 0.310. The molecule has 0 aromatic heterocycles. The summed E-state index contributed by atoms with van der Waals surface area (Å²) in [5.41, 5.74) is 0. The Kier molecular flexibility index (Phi) is 2.31. The van der Waals surface area contributed by atoms with Gasteiger partial charge in [0.25, 0.3) is 0 Å². The minimum atomic E-state index is 0.383. The molecule has 0 spiro atoms. The van der Waals surface area contributed by atoms with E-state index in [0.717, 1.165) is 5.25 Å². The summed E-state index contributed by atoms with van der Waals surface area (Å²) < 4.78 is 0. The third-order valence-electron chi connectivity index (χ3n) is 2.11. The van der Waals surface area contributed by atoms with Gasteiger partial charge in [0, 0.05) is 11.8 Å². The molecule has 1 saturated heterocycles. The summed E-state index contributed by atoms with van der Waals surface area (Å²) in [4.78, 5) is 2.91. The van der Waals surface area contributed by atoms with Crippen LogP contribution in [-0.4, -0.2) is 28.1 Å². The predicted octanol–water partition coefficient (Wildman–Crippen LogP) is 2.18. The van der Waals surface area contributed by atoms with Crippen molar-refractivity contribution in [1.29, 1.82) is 0 Å². The van der Waals surface area contributed by atoms with Crippen LogP contribution in [0.3, 0.4) is 0 Å². The zero-order chi connectivity index (χ0) is 7.78. The molecule has 2 heteroatoms. The maximum absolute atomic E-state index is 2.53. The van der Waals surface area contributed by atoms with E-state index in [2.05, 4.69) is 44.4 Å². The summed E-state index contributed by atoms with van der Waals surface area (Å²) in [5, 5.41) is 0.815. The number of rotatable bonds is 1. The van der Waals surface area contributed by atoms with Gasteiger partial charge in [-0.25, -0.2) is 0 Å². The first-order valence-corrected chi connectivity index (χ1v) is 4.87. The lowest BCUT2D eigenvalue weighted by Crippen LogP contribution is -2.36. The van der Waals surface area contributed by atoms with Gasteiger partial charge in [0.15, 0.2) is 0 Å². The molecule has 0 aromatic carbocycles. The molecule has 0 radical (unpaired) electrons. The molecule has 0 saturated carbocycles. The van der Waals surface area contributed by atoms with E-state index in [1.807, 2.05) is 0 Å². The zero-order valence-electron chi connectivity index (χ0n) is 7.35. The van der Waals surface area contributed by atoms with E-state index in [1.54, 1.807) is 0 Å². The highest BCUT2D eigenvalue weighted by molar-refractivity contribution is 8.01. The maximum atomic E-state index is 2.53. The lowest BCUT2D eigenvalue weighted by molar-refractivity contribution is 0.230. The summed E-state index contributed by atoms with van der Waals surface area (Å²) in [6, 6.07) is 0. The molecule has 60 valence electrons. The molecule has 0 aromatic rings. The number of nitrogens with zero attached hydrogens (tertiary/aromatic N) is 1. The Labute approximate surface area is 68.2 Å². The molecular formula is C8H17NS. The van der Waals surface area contributed by atoms with E-state index in [0.29, 0.717) is 4.87 Å². The summed E-state index contributed by atoms with van der Waals surface area (Å²) in [6.07, 6.45) is 0. The summed E-state index contributed by atoms with van der Waals surface area (Å²) in [5.74, 6) is 0. The molecule has 0 N–H and O–H groups in total. The van der Waals surface area contributed by atoms with Gasteiger partial charge in [0.2, 0.25) is 0 Å². The standard InChI is InChI=1S/C8H17NS/c1-5-9-6-7(2)10-8(9,3)4/h7H,5-6H2,1-4H3. The van der Waals surface area contributed by atoms with Crippen LogP contribution in [0.4, 0.5) is 0 Å². The number of thioether (sulfide) groups is 1. The van der Waals surface area contributed by atoms with Gasteiger partial charge < -0.3 is 0 Å². The van der Waals surface area contributed by atoms with Crippen molar-refractivity contribution < 1.29 is 0 Å². The summed E-state index contributed by atoms with van der Waals surface area (Å²) in [6.45, 7) is 11.6. The second-order valence-corrected chi connectivity index (χ2v) is 5.45. The largest absolute Gasteiger partial charge is 0.289 e. The normalized spacial score (nSPS) is 33.0. The maximum Gasteiger partial charge on any atom is 0.0616 e. The average molecular weight is 159 g/mol. The molecule has 0 aliphatic carbocycles.